The van der Waals surface area contributed by atoms with Gasteiger partial charge in [-0.3, -0.25) is 24.1 Å². The zero-order chi connectivity index (χ0) is 43.9. The van der Waals surface area contributed by atoms with E-state index in [1.165, 1.54) is 7.11 Å². The number of hydrogen-bond acceptors (Lipinski definition) is 9. The Bertz CT molecular complexity index is 1440. The molecular weight excluding hydrogens is 741 g/mol. The lowest BCUT2D eigenvalue weighted by Gasteiger charge is -2.41. The fourth-order valence-electron chi connectivity index (χ4n) is 8.42. The van der Waals surface area contributed by atoms with Gasteiger partial charge in [-0.25, -0.2) is 4.79 Å². The van der Waals surface area contributed by atoms with E-state index in [9.17, 15) is 29.1 Å². The second-order valence-corrected chi connectivity index (χ2v) is 17.2. The minimum Gasteiger partial charge on any atom is -0.480 e. The van der Waals surface area contributed by atoms with Gasteiger partial charge in [0.25, 0.3) is 0 Å². The van der Waals surface area contributed by atoms with Crippen LogP contribution in [0.15, 0.2) is 30.3 Å². The number of benzene rings is 1. The fraction of sp³-hybridized carbons (Fsp3) is 0.750. The van der Waals surface area contributed by atoms with Crippen LogP contribution in [0.25, 0.3) is 0 Å². The van der Waals surface area contributed by atoms with Gasteiger partial charge in [-0.05, 0) is 76.8 Å². The molecule has 9 atom stereocenters. The summed E-state index contributed by atoms with van der Waals surface area (Å²) in [6.45, 7) is 15.7. The highest BCUT2D eigenvalue weighted by molar-refractivity contribution is 5.90. The van der Waals surface area contributed by atoms with Crippen molar-refractivity contribution in [1.82, 2.24) is 30.2 Å². The molecule has 0 aliphatic carbocycles. The summed E-state index contributed by atoms with van der Waals surface area (Å²) in [5, 5.41) is 15.7. The van der Waals surface area contributed by atoms with E-state index in [2.05, 4.69) is 20.4 Å². The number of nitrogens with one attached hydrogen (secondary N) is 2. The Labute approximate surface area is 348 Å². The number of rotatable bonds is 25. The van der Waals surface area contributed by atoms with Crippen LogP contribution in [0.5, 0.6) is 0 Å². The lowest BCUT2D eigenvalue weighted by molar-refractivity contribution is -0.148. The van der Waals surface area contributed by atoms with Gasteiger partial charge in [0.15, 0.2) is 0 Å². The summed E-state index contributed by atoms with van der Waals surface area (Å²) in [6, 6.07) is 5.87. The van der Waals surface area contributed by atoms with E-state index >= 15 is 0 Å². The first-order valence-electron chi connectivity index (χ1n) is 21.1. The van der Waals surface area contributed by atoms with Gasteiger partial charge in [0.2, 0.25) is 23.6 Å². The second kappa shape index (κ2) is 24.5. The van der Waals surface area contributed by atoms with Crippen molar-refractivity contribution < 1.29 is 38.6 Å². The first kappa shape index (κ1) is 50.6. The smallest absolute Gasteiger partial charge is 0.326 e. The maximum absolute atomic E-state index is 14.4. The molecule has 58 heavy (non-hydrogen) atoms. The lowest BCUT2D eigenvalue weighted by Crippen LogP contribution is -2.60. The number of hydrogen-bond donors (Lipinski definition) is 3. The molecule has 0 bridgehead atoms. The molecule has 4 amide bonds. The lowest BCUT2D eigenvalue weighted by atomic mass is 9.89. The minimum absolute atomic E-state index is 0.0132. The van der Waals surface area contributed by atoms with Gasteiger partial charge in [0, 0.05) is 34.2 Å². The van der Waals surface area contributed by atoms with E-state index in [4.69, 9.17) is 9.47 Å². The van der Waals surface area contributed by atoms with Crippen LogP contribution in [-0.4, -0.2) is 159 Å². The van der Waals surface area contributed by atoms with Gasteiger partial charge in [0.1, 0.15) is 12.1 Å². The Morgan fingerprint density at radius 1 is 0.879 bits per heavy atom. The van der Waals surface area contributed by atoms with Crippen molar-refractivity contribution in [3.63, 3.8) is 0 Å². The maximum atomic E-state index is 14.4. The number of methoxy groups -OCH3 is 2. The maximum Gasteiger partial charge on any atom is 0.326 e. The van der Waals surface area contributed by atoms with E-state index in [1.54, 1.807) is 30.9 Å². The molecule has 1 saturated heterocycles. The van der Waals surface area contributed by atoms with E-state index in [1.807, 2.05) is 93.0 Å². The number of likely N-dealkylation sites (N-methyl/N-ethyl adjacent to an activating group) is 2. The van der Waals surface area contributed by atoms with Crippen molar-refractivity contribution >= 4 is 29.6 Å². The Balaban J connectivity index is 2.27. The molecular formula is C44H76N6O8. The number of carboxylic acids is 1. The quantitative estimate of drug-likeness (QED) is 0.133. The standard InChI is InChI=1S/C44H76N6O8/c1-14-30(6)39(49(11)43(54)37(28(2)3)46-42(53)38(29(4)5)48(10)24-19-23-47(8)9)35(57-12)27-36(51)50-25-18-22-34(50)40(58-13)31(7)41(52)45-33(44(55)56)26-32-20-16-15-17-21-32/h15-17,20-21,28-31,33-35,37-40H,14,18-19,22-27H2,1-13H3,(H,45,52)(H,46,53)(H,55,56)/t30-,31+,33-,34-,35+,37-,38-,39-,40+/m0/s1. The third-order valence-corrected chi connectivity index (χ3v) is 11.9. The average Bonchev–Trinajstić information content (AvgIpc) is 3.65. The highest BCUT2D eigenvalue weighted by Gasteiger charge is 2.43. The van der Waals surface area contributed by atoms with Crippen molar-refractivity contribution in [2.45, 2.75) is 129 Å². The molecule has 0 radical (unpaired) electrons. The summed E-state index contributed by atoms with van der Waals surface area (Å²) in [7, 11) is 10.8. The highest BCUT2D eigenvalue weighted by atomic mass is 16.5. The largest absolute Gasteiger partial charge is 0.480 e. The first-order chi connectivity index (χ1) is 27.3. The van der Waals surface area contributed by atoms with Crippen molar-refractivity contribution in [3.8, 4) is 0 Å². The van der Waals surface area contributed by atoms with Crippen molar-refractivity contribution in [1.29, 1.82) is 0 Å². The molecule has 0 saturated carbocycles. The summed E-state index contributed by atoms with van der Waals surface area (Å²) in [5.74, 6) is -3.21. The van der Waals surface area contributed by atoms with Crippen molar-refractivity contribution in [2.75, 3.05) is 62.0 Å². The summed E-state index contributed by atoms with van der Waals surface area (Å²) in [5.41, 5.74) is 0.785. The molecule has 330 valence electrons. The third kappa shape index (κ3) is 14.3. The van der Waals surface area contributed by atoms with Crippen LogP contribution in [-0.2, 0) is 39.9 Å². The summed E-state index contributed by atoms with van der Waals surface area (Å²) < 4.78 is 11.9. The van der Waals surface area contributed by atoms with Gasteiger partial charge in [-0.2, -0.15) is 0 Å². The van der Waals surface area contributed by atoms with Gasteiger partial charge in [-0.1, -0.05) is 85.2 Å². The number of carbonyl (C=O) groups is 5. The molecule has 1 heterocycles. The van der Waals surface area contributed by atoms with Crippen LogP contribution >= 0.6 is 0 Å². The second-order valence-electron chi connectivity index (χ2n) is 17.2. The molecule has 0 unspecified atom stereocenters. The molecule has 1 aromatic rings. The normalized spacial score (nSPS) is 18.7. The number of amides is 4. The molecule has 1 fully saturated rings. The molecule has 0 spiro atoms. The van der Waals surface area contributed by atoms with E-state index in [0.29, 0.717) is 25.8 Å². The number of carboxylic acid groups (broad SMARTS) is 1. The van der Waals surface area contributed by atoms with E-state index in [-0.39, 0.29) is 48.3 Å². The van der Waals surface area contributed by atoms with E-state index in [0.717, 1.165) is 25.1 Å². The van der Waals surface area contributed by atoms with Crippen LogP contribution in [0.3, 0.4) is 0 Å². The molecule has 0 aromatic heterocycles. The average molecular weight is 817 g/mol. The molecule has 14 nitrogen and oxygen atoms in total. The van der Waals surface area contributed by atoms with Crippen molar-refractivity contribution in [2.24, 2.45) is 23.7 Å². The van der Waals surface area contributed by atoms with E-state index < -0.39 is 60.2 Å². The van der Waals surface area contributed by atoms with Crippen LogP contribution in [0.4, 0.5) is 0 Å². The number of likely N-dealkylation sites (tertiary alicyclic amines) is 1. The number of aliphatic carboxylic acids is 1. The molecule has 1 aliphatic heterocycles. The first-order valence-corrected chi connectivity index (χ1v) is 21.1. The van der Waals surface area contributed by atoms with Gasteiger partial charge in [-0.15, -0.1) is 0 Å². The highest BCUT2D eigenvalue weighted by Crippen LogP contribution is 2.30. The number of nitrogens with zero attached hydrogens (tertiary/aromatic N) is 4. The predicted molar refractivity (Wildman–Crippen MR) is 227 cm³/mol. The Morgan fingerprint density at radius 3 is 2.03 bits per heavy atom. The SMILES string of the molecule is CC[C@H](C)[C@@H]([C@@H](CC(=O)N1CCC[C@H]1[C@H](OC)[C@@H](C)C(=O)N[C@@H](Cc1ccccc1)C(=O)O)OC)N(C)C(=O)[C@@H](NC(=O)[C@H](C(C)C)N(C)CCCN(C)C)C(C)C. The van der Waals surface area contributed by atoms with Gasteiger partial charge < -0.3 is 39.9 Å². The summed E-state index contributed by atoms with van der Waals surface area (Å²) in [4.78, 5) is 75.9. The summed E-state index contributed by atoms with van der Waals surface area (Å²) >= 11 is 0. The minimum atomic E-state index is -1.14. The monoisotopic (exact) mass is 817 g/mol. The third-order valence-electron chi connectivity index (χ3n) is 11.9. The topological polar surface area (TPSA) is 161 Å². The number of ether oxygens (including phenoxy) is 2. The molecule has 2 rings (SSSR count). The number of carbonyl (C=O) groups excluding carboxylic acids is 4. The molecule has 1 aromatic carbocycles. The van der Waals surface area contributed by atoms with Crippen LogP contribution < -0.4 is 10.6 Å². The van der Waals surface area contributed by atoms with Crippen LogP contribution in [0.2, 0.25) is 0 Å². The fourth-order valence-corrected chi connectivity index (χ4v) is 8.42. The Morgan fingerprint density at radius 2 is 1.52 bits per heavy atom. The van der Waals surface area contributed by atoms with Crippen molar-refractivity contribution in [3.05, 3.63) is 35.9 Å². The Kier molecular flexibility index (Phi) is 21.3. The Hall–Kier alpha value is -3.59. The van der Waals surface area contributed by atoms with Crippen LogP contribution in [0.1, 0.15) is 86.1 Å². The molecule has 14 heteroatoms. The molecule has 3 N–H and O–H groups in total. The van der Waals surface area contributed by atoms with Gasteiger partial charge in [0.05, 0.1) is 42.7 Å². The van der Waals surface area contributed by atoms with Crippen LogP contribution in [0, 0.1) is 23.7 Å². The van der Waals surface area contributed by atoms with Gasteiger partial charge >= 0.3 is 5.97 Å². The molecule has 1 aliphatic rings. The zero-order valence-corrected chi connectivity index (χ0v) is 37.7. The zero-order valence-electron chi connectivity index (χ0n) is 37.7. The summed E-state index contributed by atoms with van der Waals surface area (Å²) in [6.07, 6.45) is 1.70. The predicted octanol–water partition coefficient (Wildman–Crippen LogP) is 3.77.